The number of rotatable bonds is 5. The fraction of sp³-hybridized carbons (Fsp3) is 0.667. The van der Waals surface area contributed by atoms with Crippen LogP contribution in [-0.4, -0.2) is 19.1 Å². The third kappa shape index (κ3) is 4.91. The summed E-state index contributed by atoms with van der Waals surface area (Å²) < 4.78 is 4.49. The summed E-state index contributed by atoms with van der Waals surface area (Å²) in [6, 6.07) is -0.458. The lowest BCUT2D eigenvalue weighted by atomic mass is 10.1. The molecule has 0 aromatic carbocycles. The van der Waals surface area contributed by atoms with Crippen molar-refractivity contribution in [2.24, 2.45) is 5.73 Å². The van der Waals surface area contributed by atoms with Gasteiger partial charge in [-0.2, -0.15) is 0 Å². The van der Waals surface area contributed by atoms with E-state index < -0.39 is 6.04 Å². The molecule has 0 aliphatic rings. The topological polar surface area (TPSA) is 52.3 Å². The van der Waals surface area contributed by atoms with E-state index in [2.05, 4.69) is 10.8 Å². The maximum absolute atomic E-state index is 10.8. The molecule has 0 fully saturated rings. The SMILES string of the molecule is CC=CCCCC(N)C(=O)OC. The predicted molar refractivity (Wildman–Crippen MR) is 48.7 cm³/mol. The van der Waals surface area contributed by atoms with Crippen LogP contribution in [0.1, 0.15) is 26.2 Å². The summed E-state index contributed by atoms with van der Waals surface area (Å²) in [6.45, 7) is 1.97. The number of carbonyl (C=O) groups is 1. The van der Waals surface area contributed by atoms with E-state index in [-0.39, 0.29) is 5.97 Å². The standard InChI is InChI=1S/C9H17NO2/c1-3-4-5-6-7-8(10)9(11)12-2/h3-4,8H,5-7,10H2,1-2H3. The highest BCUT2D eigenvalue weighted by molar-refractivity contribution is 5.75. The Morgan fingerprint density at radius 2 is 2.33 bits per heavy atom. The Hall–Kier alpha value is -0.830. The highest BCUT2D eigenvalue weighted by Gasteiger charge is 2.11. The molecule has 0 aliphatic carbocycles. The van der Waals surface area contributed by atoms with Crippen molar-refractivity contribution in [3.05, 3.63) is 12.2 Å². The van der Waals surface area contributed by atoms with E-state index >= 15 is 0 Å². The molecule has 0 aromatic rings. The molecule has 0 saturated heterocycles. The first-order valence-electron chi connectivity index (χ1n) is 4.17. The van der Waals surface area contributed by atoms with Gasteiger partial charge in [0.15, 0.2) is 0 Å². The molecular weight excluding hydrogens is 154 g/mol. The lowest BCUT2D eigenvalue weighted by molar-refractivity contribution is -0.142. The smallest absolute Gasteiger partial charge is 0.322 e. The Morgan fingerprint density at radius 3 is 2.83 bits per heavy atom. The number of nitrogens with two attached hydrogens (primary N) is 1. The Kier molecular flexibility index (Phi) is 6.38. The van der Waals surface area contributed by atoms with Crippen LogP contribution in [-0.2, 0) is 9.53 Å². The molecule has 0 bridgehead atoms. The zero-order valence-electron chi connectivity index (χ0n) is 7.75. The number of carbonyl (C=O) groups excluding carboxylic acids is 1. The van der Waals surface area contributed by atoms with Crippen molar-refractivity contribution in [1.82, 2.24) is 0 Å². The largest absolute Gasteiger partial charge is 0.468 e. The second-order valence-electron chi connectivity index (χ2n) is 2.63. The first kappa shape index (κ1) is 11.2. The summed E-state index contributed by atoms with van der Waals surface area (Å²) >= 11 is 0. The van der Waals surface area contributed by atoms with Crippen LogP contribution in [0.2, 0.25) is 0 Å². The molecule has 0 saturated carbocycles. The molecule has 12 heavy (non-hydrogen) atoms. The Labute approximate surface area is 73.6 Å². The van der Waals surface area contributed by atoms with Crippen molar-refractivity contribution in [3.8, 4) is 0 Å². The van der Waals surface area contributed by atoms with Crippen molar-refractivity contribution in [2.75, 3.05) is 7.11 Å². The van der Waals surface area contributed by atoms with E-state index in [1.807, 2.05) is 13.0 Å². The fourth-order valence-corrected chi connectivity index (χ4v) is 0.892. The minimum Gasteiger partial charge on any atom is -0.468 e. The Morgan fingerprint density at radius 1 is 1.67 bits per heavy atom. The number of ether oxygens (including phenoxy) is 1. The lowest BCUT2D eigenvalue weighted by Crippen LogP contribution is -2.31. The Balaban J connectivity index is 3.43. The van der Waals surface area contributed by atoms with Crippen LogP contribution >= 0.6 is 0 Å². The third-order valence-electron chi connectivity index (χ3n) is 1.63. The zero-order chi connectivity index (χ0) is 9.40. The van der Waals surface area contributed by atoms with Crippen LogP contribution in [0.3, 0.4) is 0 Å². The molecule has 0 amide bonds. The van der Waals surface area contributed by atoms with Crippen LogP contribution in [0.15, 0.2) is 12.2 Å². The van der Waals surface area contributed by atoms with E-state index in [1.54, 1.807) is 0 Å². The van der Waals surface area contributed by atoms with E-state index in [0.717, 1.165) is 12.8 Å². The molecule has 3 nitrogen and oxygen atoms in total. The van der Waals surface area contributed by atoms with Gasteiger partial charge in [0.2, 0.25) is 0 Å². The molecular formula is C9H17NO2. The van der Waals surface area contributed by atoms with Crippen LogP contribution in [0.4, 0.5) is 0 Å². The van der Waals surface area contributed by atoms with Gasteiger partial charge in [-0.15, -0.1) is 0 Å². The van der Waals surface area contributed by atoms with E-state index in [0.29, 0.717) is 6.42 Å². The molecule has 0 spiro atoms. The van der Waals surface area contributed by atoms with Crippen molar-refractivity contribution in [1.29, 1.82) is 0 Å². The van der Waals surface area contributed by atoms with Crippen LogP contribution in [0.25, 0.3) is 0 Å². The zero-order valence-corrected chi connectivity index (χ0v) is 7.75. The van der Waals surface area contributed by atoms with Gasteiger partial charge in [-0.05, 0) is 26.2 Å². The molecule has 70 valence electrons. The normalized spacial score (nSPS) is 13.2. The predicted octanol–water partition coefficient (Wildman–Crippen LogP) is 1.23. The summed E-state index contributed by atoms with van der Waals surface area (Å²) in [4.78, 5) is 10.8. The lowest BCUT2D eigenvalue weighted by Gasteiger charge is -2.06. The molecule has 3 heteroatoms. The summed E-state index contributed by atoms with van der Waals surface area (Å²) in [7, 11) is 1.36. The first-order valence-corrected chi connectivity index (χ1v) is 4.17. The van der Waals surface area contributed by atoms with Gasteiger partial charge in [-0.25, -0.2) is 0 Å². The highest BCUT2D eigenvalue weighted by atomic mass is 16.5. The minimum atomic E-state index is -0.458. The van der Waals surface area contributed by atoms with Crippen molar-refractivity contribution in [3.63, 3.8) is 0 Å². The maximum Gasteiger partial charge on any atom is 0.322 e. The quantitative estimate of drug-likeness (QED) is 0.384. The molecule has 2 N–H and O–H groups in total. The summed E-state index contributed by atoms with van der Waals surface area (Å²) in [5, 5.41) is 0. The van der Waals surface area contributed by atoms with Crippen molar-refractivity contribution >= 4 is 5.97 Å². The number of unbranched alkanes of at least 4 members (excludes halogenated alkanes) is 1. The first-order chi connectivity index (χ1) is 5.72. The fourth-order valence-electron chi connectivity index (χ4n) is 0.892. The summed E-state index contributed by atoms with van der Waals surface area (Å²) in [6.07, 6.45) is 6.65. The second-order valence-corrected chi connectivity index (χ2v) is 2.63. The van der Waals surface area contributed by atoms with Crippen LogP contribution < -0.4 is 5.73 Å². The number of allylic oxidation sites excluding steroid dienone is 2. The molecule has 0 radical (unpaired) electrons. The number of hydrogen-bond acceptors (Lipinski definition) is 3. The van der Waals surface area contributed by atoms with E-state index in [1.165, 1.54) is 7.11 Å². The third-order valence-corrected chi connectivity index (χ3v) is 1.63. The van der Waals surface area contributed by atoms with Crippen molar-refractivity contribution < 1.29 is 9.53 Å². The molecule has 0 aromatic heterocycles. The van der Waals surface area contributed by atoms with Crippen molar-refractivity contribution in [2.45, 2.75) is 32.2 Å². The van der Waals surface area contributed by atoms with Gasteiger partial charge in [0.1, 0.15) is 6.04 Å². The molecule has 0 rings (SSSR count). The molecule has 0 aliphatic heterocycles. The molecule has 1 unspecified atom stereocenters. The van der Waals surface area contributed by atoms with Crippen LogP contribution in [0, 0.1) is 0 Å². The van der Waals surface area contributed by atoms with Gasteiger partial charge >= 0.3 is 5.97 Å². The van der Waals surface area contributed by atoms with Gasteiger partial charge in [0.25, 0.3) is 0 Å². The maximum atomic E-state index is 10.8. The molecule has 1 atom stereocenters. The minimum absolute atomic E-state index is 0.324. The number of methoxy groups -OCH3 is 1. The number of hydrogen-bond donors (Lipinski definition) is 1. The molecule has 0 heterocycles. The van der Waals surface area contributed by atoms with E-state index in [4.69, 9.17) is 5.73 Å². The summed E-state index contributed by atoms with van der Waals surface area (Å²) in [5.41, 5.74) is 5.51. The number of esters is 1. The highest BCUT2D eigenvalue weighted by Crippen LogP contribution is 2.00. The Bertz CT molecular complexity index is 155. The summed E-state index contributed by atoms with van der Waals surface area (Å²) in [5.74, 6) is -0.324. The van der Waals surface area contributed by atoms with Gasteiger partial charge in [0.05, 0.1) is 7.11 Å². The average Bonchev–Trinajstić information content (AvgIpc) is 2.10. The second kappa shape index (κ2) is 6.85. The van der Waals surface area contributed by atoms with Gasteiger partial charge in [0, 0.05) is 0 Å². The monoisotopic (exact) mass is 171 g/mol. The van der Waals surface area contributed by atoms with Gasteiger partial charge in [-0.3, -0.25) is 4.79 Å². The van der Waals surface area contributed by atoms with Gasteiger partial charge in [-0.1, -0.05) is 12.2 Å². The van der Waals surface area contributed by atoms with E-state index in [9.17, 15) is 4.79 Å². The van der Waals surface area contributed by atoms with Crippen LogP contribution in [0.5, 0.6) is 0 Å². The van der Waals surface area contributed by atoms with Gasteiger partial charge < -0.3 is 10.5 Å². The average molecular weight is 171 g/mol.